The van der Waals surface area contributed by atoms with Crippen molar-refractivity contribution in [1.82, 2.24) is 5.32 Å². The van der Waals surface area contributed by atoms with Crippen LogP contribution in [0.5, 0.6) is 0 Å². The number of urea groups is 1. The number of hydrogen-bond acceptors (Lipinski definition) is 5. The lowest BCUT2D eigenvalue weighted by molar-refractivity contribution is 0.101. The summed E-state index contributed by atoms with van der Waals surface area (Å²) >= 11 is 2.79. The summed E-state index contributed by atoms with van der Waals surface area (Å²) in [5.41, 5.74) is 0. The maximum Gasteiger partial charge on any atom is 0.320 e. The van der Waals surface area contributed by atoms with Crippen molar-refractivity contribution in [3.63, 3.8) is 0 Å². The molecule has 2 amide bonds. The number of amides is 2. The number of anilines is 1. The number of carbonyl (C=O) groups excluding carboxylic acids is 2. The van der Waals surface area contributed by atoms with Gasteiger partial charge in [-0.2, -0.15) is 0 Å². The molecule has 0 aliphatic heterocycles. The van der Waals surface area contributed by atoms with E-state index in [4.69, 9.17) is 4.42 Å². The second-order valence-electron chi connectivity index (χ2n) is 4.36. The summed E-state index contributed by atoms with van der Waals surface area (Å²) in [6.45, 7) is 0.368. The lowest BCUT2D eigenvalue weighted by Gasteiger charge is -2.04. The van der Waals surface area contributed by atoms with E-state index in [0.717, 1.165) is 9.88 Å². The second-order valence-corrected chi connectivity index (χ2v) is 6.47. The van der Waals surface area contributed by atoms with Crippen molar-refractivity contribution in [3.8, 4) is 0 Å². The number of rotatable bonds is 5. The van der Waals surface area contributed by atoms with E-state index >= 15 is 0 Å². The number of nitrogens with one attached hydrogen (secondary N) is 2. The van der Waals surface area contributed by atoms with Gasteiger partial charge in [0, 0.05) is 4.88 Å². The van der Waals surface area contributed by atoms with Crippen molar-refractivity contribution in [2.75, 3.05) is 5.32 Å². The third-order valence-corrected chi connectivity index (χ3v) is 4.68. The van der Waals surface area contributed by atoms with Crippen LogP contribution in [0.2, 0.25) is 0 Å². The van der Waals surface area contributed by atoms with Crippen LogP contribution in [0.4, 0.5) is 9.80 Å². The van der Waals surface area contributed by atoms with Crippen LogP contribution in [0.3, 0.4) is 0 Å². The summed E-state index contributed by atoms with van der Waals surface area (Å²) in [6.07, 6.45) is 1.47. The van der Waals surface area contributed by atoms with Gasteiger partial charge in [0.1, 0.15) is 0 Å². The third-order valence-electron chi connectivity index (χ3n) is 2.81. The summed E-state index contributed by atoms with van der Waals surface area (Å²) in [7, 11) is 0. The van der Waals surface area contributed by atoms with Crippen molar-refractivity contribution < 1.29 is 14.0 Å². The van der Waals surface area contributed by atoms with E-state index in [1.165, 1.54) is 28.9 Å². The van der Waals surface area contributed by atoms with Gasteiger partial charge in [0.25, 0.3) is 0 Å². The molecule has 22 heavy (non-hydrogen) atoms. The molecule has 2 N–H and O–H groups in total. The molecule has 3 rings (SSSR count). The molecule has 0 atom stereocenters. The minimum atomic E-state index is -0.269. The SMILES string of the molecule is O=C(NCc1ccc(C(=O)c2ccco2)s1)Nc1cccs1. The molecule has 0 bridgehead atoms. The molecular weight excluding hydrogens is 320 g/mol. The van der Waals surface area contributed by atoms with Crippen LogP contribution >= 0.6 is 22.7 Å². The summed E-state index contributed by atoms with van der Waals surface area (Å²) in [5, 5.41) is 8.17. The molecule has 0 saturated carbocycles. The Balaban J connectivity index is 1.55. The maximum absolute atomic E-state index is 12.1. The number of hydrogen-bond donors (Lipinski definition) is 2. The fourth-order valence-electron chi connectivity index (χ4n) is 1.80. The van der Waals surface area contributed by atoms with Crippen LogP contribution < -0.4 is 10.6 Å². The fourth-order valence-corrected chi connectivity index (χ4v) is 3.30. The molecule has 0 unspecified atom stereocenters. The Hall–Kier alpha value is -2.38. The molecule has 0 aliphatic rings. The zero-order valence-corrected chi connectivity index (χ0v) is 13.0. The Kier molecular flexibility index (Phi) is 4.36. The Bertz CT molecular complexity index is 761. The third kappa shape index (κ3) is 3.44. The molecule has 112 valence electrons. The van der Waals surface area contributed by atoms with E-state index in [-0.39, 0.29) is 11.8 Å². The molecule has 5 nitrogen and oxygen atoms in total. The van der Waals surface area contributed by atoms with Crippen LogP contribution in [0, 0.1) is 0 Å². The zero-order chi connectivity index (χ0) is 15.4. The summed E-state index contributed by atoms with van der Waals surface area (Å²) in [4.78, 5) is 25.3. The van der Waals surface area contributed by atoms with Gasteiger partial charge in [-0.3, -0.25) is 10.1 Å². The van der Waals surface area contributed by atoms with Gasteiger partial charge in [0.15, 0.2) is 5.76 Å². The molecule has 0 saturated heterocycles. The van der Waals surface area contributed by atoms with E-state index in [1.807, 2.05) is 23.6 Å². The van der Waals surface area contributed by atoms with E-state index in [9.17, 15) is 9.59 Å². The summed E-state index contributed by atoms with van der Waals surface area (Å²) in [6, 6.07) is 10.3. The Labute approximate surface area is 134 Å². The number of carbonyl (C=O) groups is 2. The molecule has 0 spiro atoms. The van der Waals surface area contributed by atoms with Crippen LogP contribution in [-0.2, 0) is 6.54 Å². The first kappa shape index (κ1) is 14.6. The van der Waals surface area contributed by atoms with Crippen molar-refractivity contribution in [2.24, 2.45) is 0 Å². The zero-order valence-electron chi connectivity index (χ0n) is 11.4. The predicted molar refractivity (Wildman–Crippen MR) is 86.6 cm³/mol. The monoisotopic (exact) mass is 332 g/mol. The van der Waals surface area contributed by atoms with Crippen molar-refractivity contribution in [3.05, 3.63) is 63.6 Å². The van der Waals surface area contributed by atoms with Crippen molar-refractivity contribution in [1.29, 1.82) is 0 Å². The van der Waals surface area contributed by atoms with Crippen LogP contribution in [0.15, 0.2) is 52.5 Å². The molecule has 3 heterocycles. The lowest BCUT2D eigenvalue weighted by Crippen LogP contribution is -2.27. The van der Waals surface area contributed by atoms with E-state index in [2.05, 4.69) is 10.6 Å². The molecule has 0 fully saturated rings. The molecular formula is C15H12N2O3S2. The smallest absolute Gasteiger partial charge is 0.320 e. The molecule has 7 heteroatoms. The summed E-state index contributed by atoms with van der Waals surface area (Å²) in [5.74, 6) is 0.168. The van der Waals surface area contributed by atoms with Gasteiger partial charge in [-0.25, -0.2) is 4.79 Å². The average Bonchev–Trinajstić information content (AvgIpc) is 3.26. The van der Waals surface area contributed by atoms with Crippen LogP contribution in [-0.4, -0.2) is 11.8 Å². The normalized spacial score (nSPS) is 10.4. The molecule has 0 aliphatic carbocycles. The highest BCUT2D eigenvalue weighted by Gasteiger charge is 2.14. The highest BCUT2D eigenvalue weighted by molar-refractivity contribution is 7.14. The second kappa shape index (κ2) is 6.59. The summed E-state index contributed by atoms with van der Waals surface area (Å²) < 4.78 is 5.09. The highest BCUT2D eigenvalue weighted by Crippen LogP contribution is 2.20. The van der Waals surface area contributed by atoms with E-state index in [0.29, 0.717) is 17.2 Å². The first-order valence-corrected chi connectivity index (χ1v) is 8.17. The number of furan rings is 1. The quantitative estimate of drug-likeness (QED) is 0.695. The lowest BCUT2D eigenvalue weighted by atomic mass is 10.2. The Morgan fingerprint density at radius 1 is 1.14 bits per heavy atom. The molecule has 0 radical (unpaired) electrons. The molecule has 0 aromatic carbocycles. The Morgan fingerprint density at radius 3 is 2.77 bits per heavy atom. The van der Waals surface area contributed by atoms with Crippen LogP contribution in [0.1, 0.15) is 20.3 Å². The van der Waals surface area contributed by atoms with Gasteiger partial charge < -0.3 is 9.73 Å². The predicted octanol–water partition coefficient (Wildman–Crippen LogP) is 3.96. The first-order chi connectivity index (χ1) is 10.7. The number of ketones is 1. The molecule has 3 aromatic rings. The largest absolute Gasteiger partial charge is 0.461 e. The fraction of sp³-hybridized carbons (Fsp3) is 0.0667. The van der Waals surface area contributed by atoms with Gasteiger partial charge in [0.05, 0.1) is 22.7 Å². The molecule has 3 aromatic heterocycles. The van der Waals surface area contributed by atoms with Gasteiger partial charge in [-0.05, 0) is 41.8 Å². The average molecular weight is 332 g/mol. The van der Waals surface area contributed by atoms with E-state index in [1.54, 1.807) is 18.2 Å². The minimum Gasteiger partial charge on any atom is -0.461 e. The maximum atomic E-state index is 12.1. The highest BCUT2D eigenvalue weighted by atomic mass is 32.1. The van der Waals surface area contributed by atoms with Gasteiger partial charge in [-0.1, -0.05) is 0 Å². The van der Waals surface area contributed by atoms with E-state index < -0.39 is 0 Å². The topological polar surface area (TPSA) is 71.3 Å². The van der Waals surface area contributed by atoms with Gasteiger partial charge in [-0.15, -0.1) is 22.7 Å². The van der Waals surface area contributed by atoms with Crippen molar-refractivity contribution in [2.45, 2.75) is 6.54 Å². The number of thiophene rings is 2. The standard InChI is InChI=1S/C15H12N2O3S2/c18-14(11-3-1-7-20-11)12-6-5-10(22-12)9-16-15(19)17-13-4-2-8-21-13/h1-8H,9H2,(H2,16,17,19). The first-order valence-electron chi connectivity index (χ1n) is 6.47. The van der Waals surface area contributed by atoms with Gasteiger partial charge >= 0.3 is 6.03 Å². The minimum absolute atomic E-state index is 0.149. The van der Waals surface area contributed by atoms with Gasteiger partial charge in [0.2, 0.25) is 5.78 Å². The van der Waals surface area contributed by atoms with Crippen LogP contribution in [0.25, 0.3) is 0 Å². The van der Waals surface area contributed by atoms with Crippen molar-refractivity contribution >= 4 is 39.5 Å². The Morgan fingerprint density at radius 2 is 2.05 bits per heavy atom.